The van der Waals surface area contributed by atoms with E-state index in [0.717, 1.165) is 22.5 Å². The lowest BCUT2D eigenvalue weighted by molar-refractivity contribution is 0.854. The van der Waals surface area contributed by atoms with Crippen LogP contribution in [-0.4, -0.2) is 29.5 Å². The van der Waals surface area contributed by atoms with Crippen LogP contribution in [0.25, 0.3) is 16.9 Å². The number of nitrogens with zero attached hydrogens (tertiary/aromatic N) is 6. The molecule has 5 rings (SSSR count). The zero-order valence-electron chi connectivity index (χ0n) is 17.1. The minimum Gasteiger partial charge on any atom is -0.348 e. The van der Waals surface area contributed by atoms with Crippen LogP contribution in [0.3, 0.4) is 0 Å². The maximum absolute atomic E-state index is 5.93. The van der Waals surface area contributed by atoms with Crippen molar-refractivity contribution in [2.45, 2.75) is 13.0 Å². The molecule has 0 saturated heterocycles. The van der Waals surface area contributed by atoms with Crippen LogP contribution in [0.5, 0.6) is 0 Å². The first-order valence-electron chi connectivity index (χ1n) is 10.0. The number of hydrogen-bond acceptors (Lipinski definition) is 7. The van der Waals surface area contributed by atoms with Gasteiger partial charge in [0.25, 0.3) is 0 Å². The van der Waals surface area contributed by atoms with Crippen LogP contribution in [0.15, 0.2) is 79.4 Å². The van der Waals surface area contributed by atoms with E-state index in [1.54, 1.807) is 24.8 Å². The third-order valence-electron chi connectivity index (χ3n) is 4.96. The van der Waals surface area contributed by atoms with E-state index in [9.17, 15) is 0 Å². The van der Waals surface area contributed by atoms with Crippen molar-refractivity contribution < 1.29 is 0 Å². The molecule has 0 spiro atoms. The van der Waals surface area contributed by atoms with Crippen molar-refractivity contribution in [2.24, 2.45) is 0 Å². The van der Waals surface area contributed by atoms with Crippen molar-refractivity contribution >= 4 is 40.2 Å². The summed E-state index contributed by atoms with van der Waals surface area (Å²) in [7, 11) is 0. The van der Waals surface area contributed by atoms with Gasteiger partial charge in [-0.25, -0.2) is 19.9 Å². The summed E-state index contributed by atoms with van der Waals surface area (Å²) in [6.45, 7) is 2.08. The van der Waals surface area contributed by atoms with Gasteiger partial charge < -0.3 is 10.6 Å². The maximum atomic E-state index is 5.93. The monoisotopic (exact) mass is 442 g/mol. The second-order valence-corrected chi connectivity index (χ2v) is 7.55. The van der Waals surface area contributed by atoms with E-state index >= 15 is 0 Å². The van der Waals surface area contributed by atoms with E-state index in [1.807, 2.05) is 47.0 Å². The molecular weight excluding hydrogens is 424 g/mol. The number of anilines is 3. The fourth-order valence-corrected chi connectivity index (χ4v) is 3.51. The molecule has 0 bridgehead atoms. The summed E-state index contributed by atoms with van der Waals surface area (Å²) in [6, 6.07) is 19.6. The Morgan fingerprint density at radius 2 is 1.69 bits per heavy atom. The molecule has 158 valence electrons. The van der Waals surface area contributed by atoms with Crippen molar-refractivity contribution in [3.63, 3.8) is 0 Å². The molecular formula is C23H19ClN8. The highest BCUT2D eigenvalue weighted by Crippen LogP contribution is 2.23. The normalized spacial score (nSPS) is 11.9. The summed E-state index contributed by atoms with van der Waals surface area (Å²) in [6.07, 6.45) is 5.09. The molecule has 8 nitrogen and oxygen atoms in total. The van der Waals surface area contributed by atoms with Gasteiger partial charge in [0.15, 0.2) is 0 Å². The Bertz CT molecular complexity index is 1370. The molecule has 1 atom stereocenters. The van der Waals surface area contributed by atoms with Gasteiger partial charge in [-0.3, -0.25) is 4.57 Å². The Morgan fingerprint density at radius 1 is 0.875 bits per heavy atom. The van der Waals surface area contributed by atoms with Crippen LogP contribution in [0, 0.1) is 0 Å². The van der Waals surface area contributed by atoms with Gasteiger partial charge in [0, 0.05) is 18.1 Å². The Morgan fingerprint density at radius 3 is 2.53 bits per heavy atom. The third-order valence-corrected chi connectivity index (χ3v) is 5.17. The summed E-state index contributed by atoms with van der Waals surface area (Å²) in [5, 5.41) is 6.88. The highest BCUT2D eigenvalue weighted by Gasteiger charge is 2.11. The molecule has 2 N–H and O–H groups in total. The topological polar surface area (TPSA) is 93.4 Å². The highest BCUT2D eigenvalue weighted by molar-refractivity contribution is 6.29. The lowest BCUT2D eigenvalue weighted by atomic mass is 10.1. The summed E-state index contributed by atoms with van der Waals surface area (Å²) < 4.78 is 1.93. The summed E-state index contributed by atoms with van der Waals surface area (Å²) >= 11 is 5.93. The SMILES string of the molecule is C[C@H](Nc1nccc(-n2cnc3cc(Nc4nccc(Cl)n4)ccc32)n1)c1ccccc1. The van der Waals surface area contributed by atoms with Crippen LogP contribution >= 0.6 is 11.6 Å². The van der Waals surface area contributed by atoms with Crippen molar-refractivity contribution in [3.05, 3.63) is 90.1 Å². The average molecular weight is 443 g/mol. The number of imidazole rings is 1. The molecule has 5 aromatic rings. The second-order valence-electron chi connectivity index (χ2n) is 7.16. The average Bonchev–Trinajstić information content (AvgIpc) is 3.23. The van der Waals surface area contributed by atoms with E-state index in [1.165, 1.54) is 5.56 Å². The largest absolute Gasteiger partial charge is 0.348 e. The molecule has 0 aliphatic carbocycles. The Kier molecular flexibility index (Phi) is 5.35. The van der Waals surface area contributed by atoms with Crippen LogP contribution in [0.4, 0.5) is 17.6 Å². The number of hydrogen-bond donors (Lipinski definition) is 2. The first-order chi connectivity index (χ1) is 15.7. The number of aromatic nitrogens is 6. The van der Waals surface area contributed by atoms with Crippen molar-refractivity contribution in [3.8, 4) is 5.82 Å². The first kappa shape index (κ1) is 19.9. The number of nitrogens with one attached hydrogen (secondary N) is 2. The molecule has 9 heteroatoms. The Hall–Kier alpha value is -4.04. The minimum atomic E-state index is 0.0772. The smallest absolute Gasteiger partial charge is 0.228 e. The summed E-state index contributed by atoms with van der Waals surface area (Å²) in [5.74, 6) is 1.71. The number of halogens is 1. The van der Waals surface area contributed by atoms with Gasteiger partial charge >= 0.3 is 0 Å². The molecule has 2 aromatic carbocycles. The van der Waals surface area contributed by atoms with Gasteiger partial charge in [0.1, 0.15) is 17.3 Å². The highest BCUT2D eigenvalue weighted by atomic mass is 35.5. The third kappa shape index (κ3) is 4.21. The molecule has 0 amide bonds. The molecule has 0 aliphatic rings. The van der Waals surface area contributed by atoms with Crippen molar-refractivity contribution in [1.29, 1.82) is 0 Å². The maximum Gasteiger partial charge on any atom is 0.228 e. The molecule has 3 heterocycles. The van der Waals surface area contributed by atoms with Crippen LogP contribution in [-0.2, 0) is 0 Å². The predicted molar refractivity (Wildman–Crippen MR) is 125 cm³/mol. The zero-order chi connectivity index (χ0) is 21.9. The fourth-order valence-electron chi connectivity index (χ4n) is 3.37. The zero-order valence-corrected chi connectivity index (χ0v) is 17.9. The molecule has 0 saturated carbocycles. The van der Waals surface area contributed by atoms with Gasteiger partial charge in [-0.05, 0) is 42.8 Å². The van der Waals surface area contributed by atoms with Gasteiger partial charge in [-0.15, -0.1) is 0 Å². The van der Waals surface area contributed by atoms with Crippen LogP contribution in [0.1, 0.15) is 18.5 Å². The lowest BCUT2D eigenvalue weighted by Gasteiger charge is -2.14. The van der Waals surface area contributed by atoms with Gasteiger partial charge in [-0.2, -0.15) is 4.98 Å². The van der Waals surface area contributed by atoms with E-state index in [0.29, 0.717) is 17.0 Å². The molecule has 0 radical (unpaired) electrons. The summed E-state index contributed by atoms with van der Waals surface area (Å²) in [4.78, 5) is 21.9. The van der Waals surface area contributed by atoms with E-state index in [4.69, 9.17) is 11.6 Å². The molecule has 3 aromatic heterocycles. The number of rotatable bonds is 6. The second kappa shape index (κ2) is 8.60. The molecule has 0 unspecified atom stereocenters. The number of fused-ring (bicyclic) bond motifs is 1. The molecule has 0 fully saturated rings. The van der Waals surface area contributed by atoms with Crippen LogP contribution < -0.4 is 10.6 Å². The van der Waals surface area contributed by atoms with Gasteiger partial charge in [0.2, 0.25) is 11.9 Å². The van der Waals surface area contributed by atoms with Gasteiger partial charge in [0.05, 0.1) is 17.1 Å². The number of benzene rings is 2. The molecule has 32 heavy (non-hydrogen) atoms. The summed E-state index contributed by atoms with van der Waals surface area (Å²) in [5.41, 5.74) is 3.70. The quantitative estimate of drug-likeness (QED) is 0.350. The Balaban J connectivity index is 1.39. The predicted octanol–water partition coefficient (Wildman–Crippen LogP) is 5.18. The van der Waals surface area contributed by atoms with Crippen LogP contribution in [0.2, 0.25) is 5.15 Å². The van der Waals surface area contributed by atoms with E-state index in [2.05, 4.69) is 54.6 Å². The van der Waals surface area contributed by atoms with Gasteiger partial charge in [-0.1, -0.05) is 41.9 Å². The standard InChI is InChI=1S/C23H19ClN8/c1-15(16-5-3-2-4-6-16)28-22-26-12-10-21(31-22)32-14-27-18-13-17(7-8-19(18)32)29-23-25-11-9-20(24)30-23/h2-15H,1H3,(H,25,29,30)(H,26,28,31)/t15-/m0/s1. The van der Waals surface area contributed by atoms with E-state index in [-0.39, 0.29) is 6.04 Å². The van der Waals surface area contributed by atoms with Crippen molar-refractivity contribution in [2.75, 3.05) is 10.6 Å². The van der Waals surface area contributed by atoms with E-state index < -0.39 is 0 Å². The molecule has 0 aliphatic heterocycles. The van der Waals surface area contributed by atoms with Crippen molar-refractivity contribution in [1.82, 2.24) is 29.5 Å². The fraction of sp³-hybridized carbons (Fsp3) is 0.0870. The first-order valence-corrected chi connectivity index (χ1v) is 10.4. The lowest BCUT2D eigenvalue weighted by Crippen LogP contribution is -2.10. The minimum absolute atomic E-state index is 0.0772. The Labute approximate surface area is 189 Å².